The van der Waals surface area contributed by atoms with Gasteiger partial charge in [-0.2, -0.15) is 0 Å². The Morgan fingerprint density at radius 2 is 2.06 bits per heavy atom. The third-order valence-electron chi connectivity index (χ3n) is 3.14. The van der Waals surface area contributed by atoms with Crippen LogP contribution >= 0.6 is 11.3 Å². The average Bonchev–Trinajstić information content (AvgIpc) is 2.74. The fraction of sp³-hybridized carbons (Fsp3) is 0.714. The molecule has 1 nitrogen and oxygen atoms in total. The van der Waals surface area contributed by atoms with Crippen LogP contribution < -0.4 is 5.32 Å². The monoisotopic (exact) mass is 239 g/mol. The molecule has 0 aliphatic rings. The lowest BCUT2D eigenvalue weighted by atomic mass is 9.96. The summed E-state index contributed by atoms with van der Waals surface area (Å²) < 4.78 is 0. The molecule has 0 aliphatic carbocycles. The third kappa shape index (κ3) is 3.91. The van der Waals surface area contributed by atoms with Crippen molar-refractivity contribution in [2.45, 2.75) is 52.5 Å². The zero-order valence-electron chi connectivity index (χ0n) is 11.0. The second-order valence-corrected chi connectivity index (χ2v) is 5.83. The summed E-state index contributed by atoms with van der Waals surface area (Å²) in [6, 6.07) is 5.12. The van der Waals surface area contributed by atoms with E-state index in [1.807, 2.05) is 11.3 Å². The van der Waals surface area contributed by atoms with Crippen molar-refractivity contribution < 1.29 is 0 Å². The van der Waals surface area contributed by atoms with Crippen LogP contribution in [0.1, 0.15) is 55.8 Å². The molecule has 0 aliphatic heterocycles. The Morgan fingerprint density at radius 3 is 2.56 bits per heavy atom. The van der Waals surface area contributed by atoms with Crippen LogP contribution in [-0.2, 0) is 6.42 Å². The highest BCUT2D eigenvalue weighted by atomic mass is 32.1. The van der Waals surface area contributed by atoms with Crippen molar-refractivity contribution in [2.24, 2.45) is 5.92 Å². The van der Waals surface area contributed by atoms with Gasteiger partial charge in [-0.15, -0.1) is 11.3 Å². The molecule has 0 amide bonds. The van der Waals surface area contributed by atoms with E-state index in [4.69, 9.17) is 0 Å². The van der Waals surface area contributed by atoms with Crippen LogP contribution in [0.4, 0.5) is 0 Å². The van der Waals surface area contributed by atoms with Gasteiger partial charge < -0.3 is 5.32 Å². The summed E-state index contributed by atoms with van der Waals surface area (Å²) in [7, 11) is 2.08. The van der Waals surface area contributed by atoms with E-state index >= 15 is 0 Å². The first-order chi connectivity index (χ1) is 7.71. The number of hydrogen-bond acceptors (Lipinski definition) is 2. The minimum Gasteiger partial charge on any atom is -0.312 e. The Labute approximate surface area is 104 Å². The topological polar surface area (TPSA) is 12.0 Å². The second-order valence-electron chi connectivity index (χ2n) is 4.63. The fourth-order valence-corrected chi connectivity index (χ4v) is 3.24. The standard InChI is InChI=1S/C14H25NS/c1-5-7-11(3)10-13(15-4)14-9-8-12(6-2)16-14/h8-9,11,13,15H,5-7,10H2,1-4H3. The van der Waals surface area contributed by atoms with Crippen molar-refractivity contribution in [3.63, 3.8) is 0 Å². The summed E-state index contributed by atoms with van der Waals surface area (Å²) in [6.07, 6.45) is 5.05. The van der Waals surface area contributed by atoms with Gasteiger partial charge in [-0.1, -0.05) is 33.6 Å². The minimum absolute atomic E-state index is 0.548. The van der Waals surface area contributed by atoms with Crippen LogP contribution in [0.2, 0.25) is 0 Å². The van der Waals surface area contributed by atoms with Crippen molar-refractivity contribution in [3.05, 3.63) is 21.9 Å². The lowest BCUT2D eigenvalue weighted by Gasteiger charge is -2.19. The van der Waals surface area contributed by atoms with Gasteiger partial charge in [0.05, 0.1) is 0 Å². The van der Waals surface area contributed by atoms with Crippen molar-refractivity contribution in [1.82, 2.24) is 5.32 Å². The van der Waals surface area contributed by atoms with E-state index in [0.29, 0.717) is 6.04 Å². The molecular formula is C14H25NS. The Bertz CT molecular complexity index is 293. The summed E-state index contributed by atoms with van der Waals surface area (Å²) >= 11 is 1.96. The van der Waals surface area contributed by atoms with Crippen LogP contribution in [0.3, 0.4) is 0 Å². The molecule has 1 aromatic heterocycles. The third-order valence-corrected chi connectivity index (χ3v) is 4.49. The molecule has 2 unspecified atom stereocenters. The maximum absolute atomic E-state index is 3.46. The highest BCUT2D eigenvalue weighted by molar-refractivity contribution is 7.12. The van der Waals surface area contributed by atoms with Crippen molar-refractivity contribution >= 4 is 11.3 Å². The molecule has 0 saturated carbocycles. The lowest BCUT2D eigenvalue weighted by Crippen LogP contribution is -2.17. The van der Waals surface area contributed by atoms with Crippen molar-refractivity contribution in [2.75, 3.05) is 7.05 Å². The number of nitrogens with one attached hydrogen (secondary N) is 1. The van der Waals surface area contributed by atoms with Crippen molar-refractivity contribution in [3.8, 4) is 0 Å². The SMILES string of the molecule is CCCC(C)CC(NC)c1ccc(CC)s1. The smallest absolute Gasteiger partial charge is 0.0415 e. The molecule has 0 saturated heterocycles. The summed E-state index contributed by atoms with van der Waals surface area (Å²) in [5, 5.41) is 3.46. The molecule has 1 N–H and O–H groups in total. The van der Waals surface area contributed by atoms with Gasteiger partial charge in [0.25, 0.3) is 0 Å². The first kappa shape index (κ1) is 13.7. The van der Waals surface area contributed by atoms with Crippen LogP contribution in [0.25, 0.3) is 0 Å². The molecular weight excluding hydrogens is 214 g/mol. The Hall–Kier alpha value is -0.340. The Morgan fingerprint density at radius 1 is 1.31 bits per heavy atom. The number of rotatable bonds is 7. The minimum atomic E-state index is 0.548. The molecule has 0 spiro atoms. The van der Waals surface area contributed by atoms with E-state index in [-0.39, 0.29) is 0 Å². The van der Waals surface area contributed by atoms with Crippen LogP contribution in [0.5, 0.6) is 0 Å². The molecule has 0 bridgehead atoms. The zero-order chi connectivity index (χ0) is 12.0. The normalized spacial score (nSPS) is 15.0. The van der Waals surface area contributed by atoms with Crippen molar-refractivity contribution in [1.29, 1.82) is 0 Å². The van der Waals surface area contributed by atoms with Gasteiger partial charge in [-0.25, -0.2) is 0 Å². The zero-order valence-corrected chi connectivity index (χ0v) is 11.9. The predicted molar refractivity (Wildman–Crippen MR) is 74.2 cm³/mol. The second kappa shape index (κ2) is 7.08. The highest BCUT2D eigenvalue weighted by Crippen LogP contribution is 2.29. The predicted octanol–water partition coefficient (Wildman–Crippen LogP) is 4.40. The summed E-state index contributed by atoms with van der Waals surface area (Å²) in [6.45, 7) is 6.86. The molecule has 0 radical (unpaired) electrons. The average molecular weight is 239 g/mol. The molecule has 0 fully saturated rings. The molecule has 1 aromatic rings. The molecule has 1 rings (SSSR count). The van der Waals surface area contributed by atoms with Crippen LogP contribution in [0, 0.1) is 5.92 Å². The molecule has 2 atom stereocenters. The number of hydrogen-bond donors (Lipinski definition) is 1. The maximum atomic E-state index is 3.46. The van der Waals surface area contributed by atoms with Gasteiger partial charge in [-0.3, -0.25) is 0 Å². The fourth-order valence-electron chi connectivity index (χ4n) is 2.16. The summed E-state index contributed by atoms with van der Waals surface area (Å²) in [5.74, 6) is 0.814. The Kier molecular flexibility index (Phi) is 6.07. The van der Waals surface area contributed by atoms with E-state index in [1.54, 1.807) is 0 Å². The van der Waals surface area contributed by atoms with Gasteiger partial charge in [0.2, 0.25) is 0 Å². The summed E-state index contributed by atoms with van der Waals surface area (Å²) in [5.41, 5.74) is 0. The van der Waals surface area contributed by atoms with Gasteiger partial charge in [-0.05, 0) is 37.9 Å². The molecule has 16 heavy (non-hydrogen) atoms. The number of thiophene rings is 1. The van der Waals surface area contributed by atoms with Gasteiger partial charge in [0.15, 0.2) is 0 Å². The maximum Gasteiger partial charge on any atom is 0.0415 e. The first-order valence-corrected chi connectivity index (χ1v) is 7.28. The van der Waals surface area contributed by atoms with Gasteiger partial charge in [0, 0.05) is 15.8 Å². The highest BCUT2D eigenvalue weighted by Gasteiger charge is 2.14. The van der Waals surface area contributed by atoms with E-state index in [2.05, 4.69) is 45.3 Å². The summed E-state index contributed by atoms with van der Waals surface area (Å²) in [4.78, 5) is 3.00. The molecule has 0 aromatic carbocycles. The van der Waals surface area contributed by atoms with E-state index in [0.717, 1.165) is 12.3 Å². The molecule has 1 heterocycles. The largest absolute Gasteiger partial charge is 0.312 e. The Balaban J connectivity index is 2.59. The molecule has 92 valence electrons. The van der Waals surface area contributed by atoms with Gasteiger partial charge in [0.1, 0.15) is 0 Å². The van der Waals surface area contributed by atoms with E-state index < -0.39 is 0 Å². The number of aryl methyl sites for hydroxylation is 1. The lowest BCUT2D eigenvalue weighted by molar-refractivity contribution is 0.410. The van der Waals surface area contributed by atoms with Crippen LogP contribution in [-0.4, -0.2) is 7.05 Å². The quantitative estimate of drug-likeness (QED) is 0.744. The first-order valence-electron chi connectivity index (χ1n) is 6.47. The van der Waals surface area contributed by atoms with Crippen LogP contribution in [0.15, 0.2) is 12.1 Å². The van der Waals surface area contributed by atoms with E-state index in [1.165, 1.54) is 29.0 Å². The van der Waals surface area contributed by atoms with E-state index in [9.17, 15) is 0 Å². The molecule has 2 heteroatoms. The van der Waals surface area contributed by atoms with Gasteiger partial charge >= 0.3 is 0 Å².